The van der Waals surface area contributed by atoms with Crippen LogP contribution in [0.4, 0.5) is 0 Å². The Balaban J connectivity index is 2.41. The first-order valence-electron chi connectivity index (χ1n) is 9.28. The molecule has 7 heteroatoms. The molecule has 1 aromatic carbocycles. The molecule has 2 heterocycles. The molecule has 0 aliphatic rings. The van der Waals surface area contributed by atoms with Crippen LogP contribution in [0.5, 0.6) is 5.75 Å². The number of aryl methyl sites for hydroxylation is 1. The van der Waals surface area contributed by atoms with Crippen LogP contribution in [0, 0.1) is 6.92 Å². The van der Waals surface area contributed by atoms with E-state index < -0.39 is 11.9 Å². The Morgan fingerprint density at radius 2 is 2.04 bits per heavy atom. The largest absolute Gasteiger partial charge is 0.496 e. The van der Waals surface area contributed by atoms with Crippen molar-refractivity contribution in [1.82, 2.24) is 9.55 Å². The molecular formula is C21H25N3O3S. The topological polar surface area (TPSA) is 87.2 Å². The summed E-state index contributed by atoms with van der Waals surface area (Å²) >= 11 is 1.42. The first-order valence-corrected chi connectivity index (χ1v) is 10.2. The van der Waals surface area contributed by atoms with E-state index in [-0.39, 0.29) is 11.5 Å². The summed E-state index contributed by atoms with van der Waals surface area (Å²) in [7, 11) is 1.61. The van der Waals surface area contributed by atoms with Crippen molar-refractivity contribution in [3.8, 4) is 16.9 Å². The lowest BCUT2D eigenvalue weighted by molar-refractivity contribution is -0.121. The quantitative estimate of drug-likeness (QED) is 0.679. The molecule has 0 saturated heterocycles. The SMILES string of the molecule is CCC(C(N)=O)n1c(C(C)C)nc2scc(-c3cc(C)ccc3OC)c2c1=O. The third-order valence-corrected chi connectivity index (χ3v) is 5.73. The van der Waals surface area contributed by atoms with E-state index in [2.05, 4.69) is 0 Å². The molecule has 2 aromatic heterocycles. The van der Waals surface area contributed by atoms with Gasteiger partial charge in [-0.15, -0.1) is 11.3 Å². The van der Waals surface area contributed by atoms with Gasteiger partial charge in [0.15, 0.2) is 0 Å². The number of primary amides is 1. The van der Waals surface area contributed by atoms with E-state index in [1.807, 2.05) is 51.3 Å². The molecule has 1 atom stereocenters. The van der Waals surface area contributed by atoms with Crippen LogP contribution in [-0.2, 0) is 4.79 Å². The lowest BCUT2D eigenvalue weighted by atomic mass is 10.0. The maximum absolute atomic E-state index is 13.6. The molecule has 6 nitrogen and oxygen atoms in total. The number of rotatable bonds is 6. The van der Waals surface area contributed by atoms with Gasteiger partial charge in [-0.05, 0) is 25.5 Å². The number of amides is 1. The van der Waals surface area contributed by atoms with Gasteiger partial charge in [-0.2, -0.15) is 0 Å². The van der Waals surface area contributed by atoms with E-state index >= 15 is 0 Å². The predicted octanol–water partition coefficient (Wildman–Crippen LogP) is 4.00. The number of nitrogens with two attached hydrogens (primary N) is 1. The van der Waals surface area contributed by atoms with Crippen LogP contribution < -0.4 is 16.0 Å². The predicted molar refractivity (Wildman–Crippen MR) is 113 cm³/mol. The molecule has 0 saturated carbocycles. The van der Waals surface area contributed by atoms with Gasteiger partial charge in [-0.1, -0.05) is 32.4 Å². The van der Waals surface area contributed by atoms with Crippen LogP contribution in [0.15, 0.2) is 28.4 Å². The number of methoxy groups -OCH3 is 1. The van der Waals surface area contributed by atoms with Crippen molar-refractivity contribution in [3.63, 3.8) is 0 Å². The molecule has 28 heavy (non-hydrogen) atoms. The first kappa shape index (κ1) is 20.1. The summed E-state index contributed by atoms with van der Waals surface area (Å²) < 4.78 is 6.99. The molecule has 0 aliphatic heterocycles. The monoisotopic (exact) mass is 399 g/mol. The van der Waals surface area contributed by atoms with Crippen molar-refractivity contribution < 1.29 is 9.53 Å². The summed E-state index contributed by atoms with van der Waals surface area (Å²) in [6.07, 6.45) is 0.426. The highest BCUT2D eigenvalue weighted by atomic mass is 32.1. The Bertz CT molecular complexity index is 1100. The Morgan fingerprint density at radius 3 is 2.61 bits per heavy atom. The van der Waals surface area contributed by atoms with Crippen molar-refractivity contribution in [1.29, 1.82) is 0 Å². The molecule has 3 rings (SSSR count). The highest BCUT2D eigenvalue weighted by Crippen LogP contribution is 2.38. The minimum absolute atomic E-state index is 0.0236. The third kappa shape index (κ3) is 3.30. The number of aromatic nitrogens is 2. The van der Waals surface area contributed by atoms with Crippen LogP contribution in [-0.4, -0.2) is 22.6 Å². The summed E-state index contributed by atoms with van der Waals surface area (Å²) in [5.41, 5.74) is 8.03. The van der Waals surface area contributed by atoms with Crippen molar-refractivity contribution in [2.75, 3.05) is 7.11 Å². The van der Waals surface area contributed by atoms with E-state index in [9.17, 15) is 9.59 Å². The molecular weight excluding hydrogens is 374 g/mol. The number of hydrogen-bond acceptors (Lipinski definition) is 5. The summed E-state index contributed by atoms with van der Waals surface area (Å²) in [4.78, 5) is 31.0. The Labute approximate surface area is 168 Å². The molecule has 0 fully saturated rings. The second-order valence-corrected chi connectivity index (χ2v) is 8.02. The number of benzene rings is 1. The number of hydrogen-bond donors (Lipinski definition) is 1. The molecule has 1 amide bonds. The molecule has 148 valence electrons. The molecule has 1 unspecified atom stereocenters. The van der Waals surface area contributed by atoms with Crippen LogP contribution >= 0.6 is 11.3 Å². The number of carbonyl (C=O) groups is 1. The molecule has 0 bridgehead atoms. The maximum atomic E-state index is 13.6. The van der Waals surface area contributed by atoms with E-state index in [0.717, 1.165) is 16.7 Å². The zero-order chi connectivity index (χ0) is 20.6. The minimum atomic E-state index is -0.728. The normalized spacial score (nSPS) is 12.5. The smallest absolute Gasteiger partial charge is 0.263 e. The Kier molecular flexibility index (Phi) is 5.56. The average molecular weight is 400 g/mol. The molecule has 0 radical (unpaired) electrons. The minimum Gasteiger partial charge on any atom is -0.496 e. The number of fused-ring (bicyclic) bond motifs is 1. The number of thiophene rings is 1. The number of nitrogens with zero attached hydrogens (tertiary/aromatic N) is 2. The van der Waals surface area contributed by atoms with E-state index in [1.165, 1.54) is 15.9 Å². The molecule has 3 aromatic rings. The molecule has 2 N–H and O–H groups in total. The highest BCUT2D eigenvalue weighted by Gasteiger charge is 2.26. The van der Waals surface area contributed by atoms with Gasteiger partial charge in [0, 0.05) is 22.4 Å². The fraction of sp³-hybridized carbons (Fsp3) is 0.381. The molecule has 0 aliphatic carbocycles. The zero-order valence-electron chi connectivity index (χ0n) is 16.8. The van der Waals surface area contributed by atoms with E-state index in [1.54, 1.807) is 7.11 Å². The molecule has 0 spiro atoms. The fourth-order valence-corrected chi connectivity index (χ4v) is 4.40. The fourth-order valence-electron chi connectivity index (χ4n) is 3.47. The standard InChI is InChI=1S/C21H25N3O3S/c1-6-15(18(22)25)24-19(11(2)3)23-20-17(21(24)26)14(10-28-20)13-9-12(4)7-8-16(13)27-5/h7-11,15H,6H2,1-5H3,(H2,22,25). The first-order chi connectivity index (χ1) is 13.3. The number of ether oxygens (including phenoxy) is 1. The van der Waals surface area contributed by atoms with Crippen LogP contribution in [0.3, 0.4) is 0 Å². The van der Waals surface area contributed by atoms with Gasteiger partial charge in [0.25, 0.3) is 5.56 Å². The Morgan fingerprint density at radius 1 is 1.32 bits per heavy atom. The van der Waals surface area contributed by atoms with Gasteiger partial charge >= 0.3 is 0 Å². The van der Waals surface area contributed by atoms with Crippen molar-refractivity contribution in [2.24, 2.45) is 5.73 Å². The van der Waals surface area contributed by atoms with Crippen LogP contribution in [0.2, 0.25) is 0 Å². The Hall–Kier alpha value is -2.67. The van der Waals surface area contributed by atoms with Crippen molar-refractivity contribution in [2.45, 2.75) is 46.1 Å². The summed E-state index contributed by atoms with van der Waals surface area (Å²) in [5.74, 6) is 0.709. The zero-order valence-corrected chi connectivity index (χ0v) is 17.6. The van der Waals surface area contributed by atoms with Gasteiger partial charge in [0.2, 0.25) is 5.91 Å². The summed E-state index contributed by atoms with van der Waals surface area (Å²) in [5, 5.41) is 2.42. The van der Waals surface area contributed by atoms with Gasteiger partial charge < -0.3 is 10.5 Å². The van der Waals surface area contributed by atoms with Crippen molar-refractivity contribution in [3.05, 3.63) is 45.3 Å². The highest BCUT2D eigenvalue weighted by molar-refractivity contribution is 7.17. The lowest BCUT2D eigenvalue weighted by Crippen LogP contribution is -2.36. The average Bonchev–Trinajstić information content (AvgIpc) is 3.07. The van der Waals surface area contributed by atoms with Crippen molar-refractivity contribution >= 4 is 27.5 Å². The second kappa shape index (κ2) is 7.75. The third-order valence-electron chi connectivity index (χ3n) is 4.86. The number of carbonyl (C=O) groups excluding carboxylic acids is 1. The van der Waals surface area contributed by atoms with E-state index in [4.69, 9.17) is 15.5 Å². The van der Waals surface area contributed by atoms with Gasteiger partial charge in [0.1, 0.15) is 22.4 Å². The van der Waals surface area contributed by atoms with Crippen LogP contribution in [0.1, 0.15) is 50.5 Å². The second-order valence-electron chi connectivity index (χ2n) is 7.16. The maximum Gasteiger partial charge on any atom is 0.263 e. The van der Waals surface area contributed by atoms with Gasteiger partial charge in [0.05, 0.1) is 12.5 Å². The summed E-state index contributed by atoms with van der Waals surface area (Å²) in [6.45, 7) is 7.74. The summed E-state index contributed by atoms with van der Waals surface area (Å²) in [6, 6.07) is 5.12. The lowest BCUT2D eigenvalue weighted by Gasteiger charge is -2.21. The van der Waals surface area contributed by atoms with Crippen LogP contribution in [0.25, 0.3) is 21.3 Å². The van der Waals surface area contributed by atoms with Gasteiger partial charge in [-0.3, -0.25) is 14.2 Å². The van der Waals surface area contributed by atoms with E-state index in [0.29, 0.717) is 28.2 Å². The van der Waals surface area contributed by atoms with Gasteiger partial charge in [-0.25, -0.2) is 4.98 Å².